The molecule has 2 N–H and O–H groups in total. The van der Waals surface area contributed by atoms with Crippen LogP contribution in [0.2, 0.25) is 0 Å². The van der Waals surface area contributed by atoms with E-state index in [9.17, 15) is 10.1 Å². The van der Waals surface area contributed by atoms with Crippen LogP contribution < -0.4 is 15.2 Å². The quantitative estimate of drug-likeness (QED) is 0.440. The van der Waals surface area contributed by atoms with Gasteiger partial charge < -0.3 is 24.7 Å². The van der Waals surface area contributed by atoms with Crippen molar-refractivity contribution in [3.8, 4) is 17.6 Å². The first kappa shape index (κ1) is 23.7. The van der Waals surface area contributed by atoms with Crippen molar-refractivity contribution in [1.82, 2.24) is 0 Å². The molecule has 1 atom stereocenters. The van der Waals surface area contributed by atoms with Gasteiger partial charge in [0.25, 0.3) is 0 Å². The Morgan fingerprint density at radius 3 is 2.55 bits per heavy atom. The predicted octanol–water partition coefficient (Wildman–Crippen LogP) is 4.66. The summed E-state index contributed by atoms with van der Waals surface area (Å²) in [6, 6.07) is 16.6. The molecule has 0 amide bonds. The van der Waals surface area contributed by atoms with Gasteiger partial charge in [0, 0.05) is 5.56 Å². The molecule has 172 valence electrons. The molecule has 33 heavy (non-hydrogen) atoms. The third-order valence-corrected chi connectivity index (χ3v) is 5.23. The highest BCUT2D eigenvalue weighted by atomic mass is 16.5. The van der Waals surface area contributed by atoms with Crippen LogP contribution in [0.4, 0.5) is 0 Å². The summed E-state index contributed by atoms with van der Waals surface area (Å²) < 4.78 is 22.5. The van der Waals surface area contributed by atoms with Crippen LogP contribution in [0, 0.1) is 11.3 Å². The Bertz CT molecular complexity index is 1100. The van der Waals surface area contributed by atoms with E-state index in [4.69, 9.17) is 24.7 Å². The number of nitrogens with zero attached hydrogens (tertiary/aromatic N) is 1. The lowest BCUT2D eigenvalue weighted by molar-refractivity contribution is -0.138. The highest BCUT2D eigenvalue weighted by Gasteiger charge is 2.38. The summed E-state index contributed by atoms with van der Waals surface area (Å²) in [5, 5.41) is 9.91. The number of rotatable bonds is 9. The molecule has 1 aliphatic heterocycles. The third-order valence-electron chi connectivity index (χ3n) is 5.23. The summed E-state index contributed by atoms with van der Waals surface area (Å²) >= 11 is 0. The Labute approximate surface area is 194 Å². The molecule has 7 nitrogen and oxygen atoms in total. The summed E-state index contributed by atoms with van der Waals surface area (Å²) in [7, 11) is 1.54. The van der Waals surface area contributed by atoms with Gasteiger partial charge >= 0.3 is 5.97 Å². The lowest BCUT2D eigenvalue weighted by Crippen LogP contribution is -2.26. The summed E-state index contributed by atoms with van der Waals surface area (Å²) in [6.07, 6.45) is 1.92. The largest absolute Gasteiger partial charge is 0.493 e. The molecule has 0 aromatic heterocycles. The molecule has 7 heteroatoms. The number of unbranched alkanes of at least 4 members (excludes halogenated alkanes) is 1. The fraction of sp³-hybridized carbons (Fsp3) is 0.308. The number of carbonyl (C=O) groups is 1. The zero-order chi connectivity index (χ0) is 23.8. The van der Waals surface area contributed by atoms with Crippen molar-refractivity contribution in [3.05, 3.63) is 76.7 Å². The molecule has 0 spiro atoms. The molecule has 2 aromatic carbocycles. The van der Waals surface area contributed by atoms with E-state index in [1.54, 1.807) is 32.2 Å². The molecule has 3 rings (SSSR count). The van der Waals surface area contributed by atoms with Gasteiger partial charge in [-0.05, 0) is 31.0 Å². The minimum Gasteiger partial charge on any atom is -0.493 e. The van der Waals surface area contributed by atoms with Crippen LogP contribution in [0.1, 0.15) is 43.7 Å². The maximum absolute atomic E-state index is 13.1. The van der Waals surface area contributed by atoms with Gasteiger partial charge in [-0.3, -0.25) is 0 Å². The second kappa shape index (κ2) is 11.1. The molecule has 0 aliphatic carbocycles. The number of allylic oxidation sites excluding steroid dienone is 1. The monoisotopic (exact) mass is 448 g/mol. The van der Waals surface area contributed by atoms with Gasteiger partial charge in [0.05, 0.1) is 31.8 Å². The Morgan fingerprint density at radius 1 is 1.15 bits per heavy atom. The average Bonchev–Trinajstić information content (AvgIpc) is 2.84. The van der Waals surface area contributed by atoms with E-state index in [-0.39, 0.29) is 29.4 Å². The van der Waals surface area contributed by atoms with Crippen molar-refractivity contribution in [2.45, 2.75) is 32.6 Å². The molecular formula is C26H28N2O5. The smallest absolute Gasteiger partial charge is 0.338 e. The number of hydrogen-bond donors (Lipinski definition) is 1. The van der Waals surface area contributed by atoms with Crippen LogP contribution >= 0.6 is 0 Å². The molecule has 0 saturated heterocycles. The Morgan fingerprint density at radius 2 is 1.91 bits per heavy atom. The van der Waals surface area contributed by atoms with Crippen LogP contribution in [-0.4, -0.2) is 26.3 Å². The zero-order valence-electron chi connectivity index (χ0n) is 19.1. The maximum atomic E-state index is 13.1. The highest BCUT2D eigenvalue weighted by Crippen LogP contribution is 2.44. The van der Waals surface area contributed by atoms with Crippen LogP contribution in [0.3, 0.4) is 0 Å². The van der Waals surface area contributed by atoms with E-state index in [1.165, 1.54) is 0 Å². The normalized spacial score (nSPS) is 15.5. The second-order valence-corrected chi connectivity index (χ2v) is 7.37. The van der Waals surface area contributed by atoms with Gasteiger partial charge in [0.1, 0.15) is 17.4 Å². The number of methoxy groups -OCH3 is 1. The Kier molecular flexibility index (Phi) is 7.98. The van der Waals surface area contributed by atoms with Crippen LogP contribution in [-0.2, 0) is 14.3 Å². The fourth-order valence-corrected chi connectivity index (χ4v) is 3.62. The van der Waals surface area contributed by atoms with Crippen LogP contribution in [0.25, 0.3) is 5.76 Å². The highest BCUT2D eigenvalue weighted by molar-refractivity contribution is 6.00. The van der Waals surface area contributed by atoms with Crippen molar-refractivity contribution in [3.63, 3.8) is 0 Å². The summed E-state index contributed by atoms with van der Waals surface area (Å²) in [6.45, 7) is 4.54. The van der Waals surface area contributed by atoms with Crippen molar-refractivity contribution in [1.29, 1.82) is 5.26 Å². The number of ether oxygens (including phenoxy) is 4. The summed E-state index contributed by atoms with van der Waals surface area (Å²) in [5.41, 5.74) is 7.77. The van der Waals surface area contributed by atoms with E-state index in [2.05, 4.69) is 13.0 Å². The topological polar surface area (TPSA) is 104 Å². The van der Waals surface area contributed by atoms with Gasteiger partial charge in [-0.1, -0.05) is 49.7 Å². The molecule has 0 bridgehead atoms. The van der Waals surface area contributed by atoms with Crippen molar-refractivity contribution < 1.29 is 23.7 Å². The molecule has 0 saturated carbocycles. The molecular weight excluding hydrogens is 420 g/mol. The minimum atomic E-state index is -0.795. The number of esters is 1. The fourth-order valence-electron chi connectivity index (χ4n) is 3.62. The second-order valence-electron chi connectivity index (χ2n) is 7.37. The van der Waals surface area contributed by atoms with Crippen LogP contribution in [0.15, 0.2) is 65.6 Å². The van der Waals surface area contributed by atoms with E-state index < -0.39 is 11.9 Å². The maximum Gasteiger partial charge on any atom is 0.338 e. The standard InChI is InChI=1S/C26H28N2O5/c1-4-6-14-32-20-13-12-18(15-21(20)30-3)22-19(16-27)25(28)33-24(17-10-8-7-9-11-17)23(22)26(29)31-5-2/h7-13,15,22H,4-6,14,28H2,1-3H3. The summed E-state index contributed by atoms with van der Waals surface area (Å²) in [5.74, 6) is -0.0903. The average molecular weight is 449 g/mol. The van der Waals surface area contributed by atoms with Gasteiger partial charge in [0.15, 0.2) is 11.5 Å². The third kappa shape index (κ3) is 5.12. The Balaban J connectivity index is 2.18. The first-order chi connectivity index (χ1) is 16.0. The number of hydrogen-bond acceptors (Lipinski definition) is 7. The lowest BCUT2D eigenvalue weighted by atomic mass is 9.82. The molecule has 1 aliphatic rings. The van der Waals surface area contributed by atoms with Gasteiger partial charge in [-0.15, -0.1) is 0 Å². The van der Waals surface area contributed by atoms with E-state index in [0.717, 1.165) is 12.8 Å². The number of nitriles is 1. The predicted molar refractivity (Wildman–Crippen MR) is 124 cm³/mol. The van der Waals surface area contributed by atoms with E-state index >= 15 is 0 Å². The first-order valence-corrected chi connectivity index (χ1v) is 10.9. The zero-order valence-corrected chi connectivity index (χ0v) is 19.1. The summed E-state index contributed by atoms with van der Waals surface area (Å²) in [4.78, 5) is 13.1. The number of carbonyl (C=O) groups excluding carboxylic acids is 1. The SMILES string of the molecule is CCCCOc1ccc(C2C(C#N)=C(N)OC(c3ccccc3)=C2C(=O)OCC)cc1OC. The molecule has 1 heterocycles. The number of nitrogens with two attached hydrogens (primary N) is 1. The number of benzene rings is 2. The van der Waals surface area contributed by atoms with Gasteiger partial charge in [-0.25, -0.2) is 4.79 Å². The van der Waals surface area contributed by atoms with Crippen LogP contribution in [0.5, 0.6) is 11.5 Å². The van der Waals surface area contributed by atoms with E-state index in [0.29, 0.717) is 29.2 Å². The molecule has 1 unspecified atom stereocenters. The molecule has 0 radical (unpaired) electrons. The van der Waals surface area contributed by atoms with E-state index in [1.807, 2.05) is 30.3 Å². The minimum absolute atomic E-state index is 0.0587. The van der Waals surface area contributed by atoms with Gasteiger partial charge in [-0.2, -0.15) is 5.26 Å². The van der Waals surface area contributed by atoms with Crippen molar-refractivity contribution >= 4 is 11.7 Å². The lowest BCUT2D eigenvalue weighted by Gasteiger charge is -2.28. The Hall–Kier alpha value is -3.92. The van der Waals surface area contributed by atoms with Gasteiger partial charge in [0.2, 0.25) is 5.88 Å². The van der Waals surface area contributed by atoms with Crippen molar-refractivity contribution in [2.24, 2.45) is 5.73 Å². The molecule has 0 fully saturated rings. The first-order valence-electron chi connectivity index (χ1n) is 10.9. The van der Waals surface area contributed by atoms with Crippen molar-refractivity contribution in [2.75, 3.05) is 20.3 Å². The molecule has 2 aromatic rings.